The predicted octanol–water partition coefficient (Wildman–Crippen LogP) is 3.31. The van der Waals surface area contributed by atoms with Crippen LogP contribution in [0.15, 0.2) is 91.1 Å². The zero-order valence-corrected chi connectivity index (χ0v) is 35.2. The van der Waals surface area contributed by atoms with E-state index in [4.69, 9.17) is 10.5 Å². The van der Waals surface area contributed by atoms with E-state index < -0.39 is 77.8 Å². The fourth-order valence-corrected chi connectivity index (χ4v) is 6.52. The van der Waals surface area contributed by atoms with Gasteiger partial charge in [-0.3, -0.25) is 28.8 Å². The number of para-hydroxylation sites is 1. The minimum atomic E-state index is -1.64. The molecule has 4 rings (SSSR count). The Balaban J connectivity index is 1.57. The molecule has 4 atom stereocenters. The van der Waals surface area contributed by atoms with E-state index in [1.165, 1.54) is 25.3 Å². The molecule has 62 heavy (non-hydrogen) atoms. The first-order chi connectivity index (χ1) is 29.4. The number of carboxylic acids is 1. The highest BCUT2D eigenvalue weighted by atomic mass is 16.6. The number of aliphatic carboxylic acids is 1. The summed E-state index contributed by atoms with van der Waals surface area (Å²) in [5.74, 6) is -5.15. The number of phenolic OH excluding ortho intramolecular Hbond substituents is 1. The predicted molar refractivity (Wildman–Crippen MR) is 231 cm³/mol. The number of hydrogen-bond donors (Lipinski definition) is 8. The maximum Gasteiger partial charge on any atom is 0.408 e. The molecule has 0 radical (unpaired) electrons. The molecule has 0 fully saturated rings. The van der Waals surface area contributed by atoms with Gasteiger partial charge >= 0.3 is 12.1 Å². The van der Waals surface area contributed by atoms with Gasteiger partial charge in [-0.2, -0.15) is 0 Å². The fraction of sp³-hybridized carbons (Fsp3) is 0.356. The van der Waals surface area contributed by atoms with Gasteiger partial charge in [0.25, 0.3) is 0 Å². The second-order valence-electron chi connectivity index (χ2n) is 15.8. The Morgan fingerprint density at radius 1 is 0.823 bits per heavy atom. The largest absolute Gasteiger partial charge is 0.508 e. The first-order valence-corrected chi connectivity index (χ1v) is 20.1. The molecular weight excluding hydrogens is 799 g/mol. The Morgan fingerprint density at radius 3 is 2.15 bits per heavy atom. The molecule has 0 aliphatic carbocycles. The second kappa shape index (κ2) is 22.4. The number of carbonyl (C=O) groups excluding carboxylic acids is 6. The molecule has 1 heterocycles. The van der Waals surface area contributed by atoms with Crippen LogP contribution in [0.1, 0.15) is 63.1 Å². The van der Waals surface area contributed by atoms with E-state index in [2.05, 4.69) is 26.3 Å². The number of nitrogens with zero attached hydrogens (tertiary/aromatic N) is 1. The van der Waals surface area contributed by atoms with E-state index >= 15 is 0 Å². The Morgan fingerprint density at radius 2 is 1.48 bits per heavy atom. The number of amides is 6. The highest BCUT2D eigenvalue weighted by molar-refractivity contribution is 5.97. The fourth-order valence-electron chi connectivity index (χ4n) is 6.52. The van der Waals surface area contributed by atoms with Gasteiger partial charge in [0, 0.05) is 49.6 Å². The van der Waals surface area contributed by atoms with Gasteiger partial charge in [-0.15, -0.1) is 0 Å². The number of carboxylic acid groups (broad SMARTS) is 1. The molecule has 3 aromatic carbocycles. The van der Waals surface area contributed by atoms with Crippen LogP contribution in [-0.4, -0.2) is 105 Å². The van der Waals surface area contributed by atoms with E-state index in [9.17, 15) is 43.8 Å². The van der Waals surface area contributed by atoms with Crippen LogP contribution >= 0.6 is 0 Å². The molecule has 0 spiro atoms. The van der Waals surface area contributed by atoms with E-state index in [1.807, 2.05) is 24.3 Å². The van der Waals surface area contributed by atoms with Crippen LogP contribution in [0.2, 0.25) is 0 Å². The number of hydrogen-bond acceptors (Lipinski definition) is 9. The number of alkyl carbamates (subject to hydrolysis) is 1. The number of nitrogens with one attached hydrogen (secondary N) is 5. The van der Waals surface area contributed by atoms with Crippen LogP contribution in [0.5, 0.6) is 5.75 Å². The highest BCUT2D eigenvalue weighted by Crippen LogP contribution is 2.20. The number of H-pyrrole nitrogens is 1. The third-order valence-electron chi connectivity index (χ3n) is 9.69. The van der Waals surface area contributed by atoms with Crippen molar-refractivity contribution in [3.63, 3.8) is 0 Å². The number of rotatable bonds is 21. The lowest BCUT2D eigenvalue weighted by atomic mass is 10.0. The molecule has 330 valence electrons. The lowest BCUT2D eigenvalue weighted by Crippen LogP contribution is -2.59. The van der Waals surface area contributed by atoms with Gasteiger partial charge in [-0.1, -0.05) is 60.7 Å². The number of likely N-dealkylation sites (N-methyl/N-ethyl adjacent to an activating group) is 1. The zero-order chi connectivity index (χ0) is 45.4. The second-order valence-corrected chi connectivity index (χ2v) is 15.8. The van der Waals surface area contributed by atoms with E-state index in [0.717, 1.165) is 15.8 Å². The number of fused-ring (bicyclic) bond motifs is 1. The van der Waals surface area contributed by atoms with Crippen molar-refractivity contribution in [1.82, 2.24) is 31.2 Å². The summed E-state index contributed by atoms with van der Waals surface area (Å²) in [6, 6.07) is 16.8. The average molecular weight is 854 g/mol. The molecule has 4 unspecified atom stereocenters. The van der Waals surface area contributed by atoms with E-state index in [0.29, 0.717) is 23.1 Å². The number of unbranched alkanes of at least 4 members (excludes halogenated alkanes) is 1. The van der Waals surface area contributed by atoms with Crippen molar-refractivity contribution in [2.75, 3.05) is 13.6 Å². The van der Waals surface area contributed by atoms with Crippen molar-refractivity contribution in [3.8, 4) is 5.75 Å². The molecule has 4 aromatic rings. The van der Waals surface area contributed by atoms with Crippen molar-refractivity contribution < 1.29 is 48.5 Å². The quantitative estimate of drug-likeness (QED) is 0.0448. The van der Waals surface area contributed by atoms with Crippen molar-refractivity contribution >= 4 is 58.6 Å². The molecular formula is C45H55N7O10. The average Bonchev–Trinajstić information content (AvgIpc) is 3.63. The Kier molecular flexibility index (Phi) is 17.2. The van der Waals surface area contributed by atoms with Crippen molar-refractivity contribution in [1.29, 1.82) is 0 Å². The third-order valence-corrected chi connectivity index (χ3v) is 9.69. The van der Waals surface area contributed by atoms with Crippen molar-refractivity contribution in [2.45, 2.75) is 89.1 Å². The maximum absolute atomic E-state index is 14.4. The Labute approximate surface area is 359 Å². The monoisotopic (exact) mass is 853 g/mol. The maximum atomic E-state index is 14.4. The molecule has 17 nitrogen and oxygen atoms in total. The van der Waals surface area contributed by atoms with Crippen molar-refractivity contribution in [3.05, 3.63) is 108 Å². The molecule has 0 aliphatic rings. The number of primary amides is 1. The first-order valence-electron chi connectivity index (χ1n) is 20.1. The Hall–Kier alpha value is -7.17. The summed E-state index contributed by atoms with van der Waals surface area (Å²) in [7, 11) is 1.22. The van der Waals surface area contributed by atoms with Gasteiger partial charge in [0.1, 0.15) is 35.5 Å². The highest BCUT2D eigenvalue weighted by Gasteiger charge is 2.36. The first kappa shape index (κ1) is 47.5. The minimum absolute atomic E-state index is 0.00362. The van der Waals surface area contributed by atoms with Gasteiger partial charge < -0.3 is 51.8 Å². The van der Waals surface area contributed by atoms with Gasteiger partial charge in [-0.25, -0.2) is 4.79 Å². The smallest absolute Gasteiger partial charge is 0.408 e. The lowest BCUT2D eigenvalue weighted by Gasteiger charge is -2.32. The SMILES string of the molecule is CN(C(=O)C(CCCCNC(=O)/C=C/c1ccc(O)cc1)NC(=O)C(Cc1c[nH]c2ccccc12)NC(=O)OC(C)(C)C)C(CC(=O)O)C(=O)NC(Cc1ccccc1)C(N)=O. The minimum Gasteiger partial charge on any atom is -0.508 e. The van der Waals surface area contributed by atoms with Gasteiger partial charge in [0.2, 0.25) is 29.5 Å². The van der Waals surface area contributed by atoms with Crippen LogP contribution in [0, 0.1) is 0 Å². The summed E-state index contributed by atoms with van der Waals surface area (Å²) in [6.45, 7) is 5.18. The standard InChI is InChI=1S/C45H55N7O10/c1-45(2,3)62-44(61)51-36(25-30-27-48-33-15-9-8-14-32(30)33)41(58)49-34(16-10-11-23-47-38(54)22-19-28-17-20-31(53)21-18-28)43(60)52(4)37(26-39(55)56)42(59)50-35(40(46)57)24-29-12-6-5-7-13-29/h5-9,12-15,17-22,27,34-37,48,53H,10-11,16,23-26H2,1-4H3,(H2,46,57)(H,47,54)(H,49,58)(H,50,59)(H,51,61)(H,55,56)/b22-19+. The van der Waals surface area contributed by atoms with Crippen LogP contribution in [0.3, 0.4) is 0 Å². The summed E-state index contributed by atoms with van der Waals surface area (Å²) < 4.78 is 5.46. The molecule has 0 bridgehead atoms. The van der Waals surface area contributed by atoms with Crippen molar-refractivity contribution in [2.24, 2.45) is 5.73 Å². The van der Waals surface area contributed by atoms with E-state index in [-0.39, 0.29) is 38.0 Å². The summed E-state index contributed by atoms with van der Waals surface area (Å²) in [6.07, 6.45) is 3.44. The molecule has 0 saturated heterocycles. The zero-order valence-electron chi connectivity index (χ0n) is 35.2. The van der Waals surface area contributed by atoms with Gasteiger partial charge in [-0.05, 0) is 81.0 Å². The van der Waals surface area contributed by atoms with Crippen LogP contribution in [-0.2, 0) is 46.3 Å². The number of ether oxygens (including phenoxy) is 1. The summed E-state index contributed by atoms with van der Waals surface area (Å²) in [5.41, 5.74) is 7.56. The van der Waals surface area contributed by atoms with Crippen LogP contribution < -0.4 is 27.0 Å². The third kappa shape index (κ3) is 15.1. The molecule has 6 amide bonds. The van der Waals surface area contributed by atoms with Crippen LogP contribution in [0.25, 0.3) is 17.0 Å². The molecule has 0 saturated carbocycles. The molecule has 0 aliphatic heterocycles. The van der Waals surface area contributed by atoms with Gasteiger partial charge in [0.05, 0.1) is 6.42 Å². The topological polar surface area (TPSA) is 262 Å². The van der Waals surface area contributed by atoms with Gasteiger partial charge in [0.15, 0.2) is 0 Å². The summed E-state index contributed by atoms with van der Waals surface area (Å²) >= 11 is 0. The lowest BCUT2D eigenvalue weighted by molar-refractivity contribution is -0.147. The number of benzene rings is 3. The van der Waals surface area contributed by atoms with E-state index in [1.54, 1.807) is 75.5 Å². The Bertz CT molecular complexity index is 2220. The summed E-state index contributed by atoms with van der Waals surface area (Å²) in [4.78, 5) is 96.5. The van der Waals surface area contributed by atoms with Crippen LogP contribution in [0.4, 0.5) is 4.79 Å². The molecule has 1 aromatic heterocycles. The summed E-state index contributed by atoms with van der Waals surface area (Å²) in [5, 5.41) is 30.7. The number of aromatic hydroxyl groups is 1. The normalized spacial score (nSPS) is 13.3. The number of carbonyl (C=O) groups is 7. The number of phenols is 1. The molecule has 17 heteroatoms. The number of aromatic nitrogens is 1. The number of nitrogens with two attached hydrogens (primary N) is 1. The number of aromatic amines is 1. The molecule has 9 N–H and O–H groups in total.